The van der Waals surface area contributed by atoms with E-state index in [4.69, 9.17) is 9.47 Å². The van der Waals surface area contributed by atoms with Crippen molar-refractivity contribution in [2.75, 3.05) is 7.11 Å². The molecule has 0 amide bonds. The first-order valence-electron chi connectivity index (χ1n) is 5.94. The van der Waals surface area contributed by atoms with Gasteiger partial charge in [-0.2, -0.15) is 0 Å². The van der Waals surface area contributed by atoms with Crippen LogP contribution < -0.4 is 9.47 Å². The van der Waals surface area contributed by atoms with E-state index < -0.39 is 4.92 Å². The summed E-state index contributed by atoms with van der Waals surface area (Å²) in [6.45, 7) is -0.201. The molecule has 0 radical (unpaired) electrons. The zero-order chi connectivity index (χ0) is 15.4. The van der Waals surface area contributed by atoms with Crippen LogP contribution in [0, 0.1) is 10.1 Å². The number of halogens is 1. The zero-order valence-electron chi connectivity index (χ0n) is 11.1. The van der Waals surface area contributed by atoms with Gasteiger partial charge in [-0.15, -0.1) is 0 Å². The molecule has 0 saturated heterocycles. The van der Waals surface area contributed by atoms with E-state index in [-0.39, 0.29) is 18.0 Å². The Kier molecular flexibility index (Phi) is 4.77. The van der Waals surface area contributed by atoms with E-state index >= 15 is 0 Å². The Hall–Kier alpha value is -2.12. The van der Waals surface area contributed by atoms with Gasteiger partial charge in [-0.1, -0.05) is 15.9 Å². The number of hydrogen-bond acceptors (Lipinski definition) is 5. The molecule has 7 heteroatoms. The maximum atomic E-state index is 11.0. The van der Waals surface area contributed by atoms with Crippen LogP contribution in [0.3, 0.4) is 0 Å². The van der Waals surface area contributed by atoms with Crippen molar-refractivity contribution < 1.29 is 19.5 Å². The quantitative estimate of drug-likeness (QED) is 0.655. The van der Waals surface area contributed by atoms with Gasteiger partial charge in [-0.3, -0.25) is 10.1 Å². The van der Waals surface area contributed by atoms with Crippen LogP contribution in [-0.4, -0.2) is 17.1 Å². The standard InChI is InChI=1S/C14H12BrNO5/c1-20-14-5-3-11(7-12(14)16(18)19)21-13-4-2-10(15)6-9(13)8-17/h2-7,17H,8H2,1H3. The summed E-state index contributed by atoms with van der Waals surface area (Å²) >= 11 is 3.30. The minimum absolute atomic E-state index is 0.158. The molecule has 0 bridgehead atoms. The first kappa shape index (κ1) is 15.3. The molecule has 0 saturated carbocycles. The Bertz CT molecular complexity index is 674. The summed E-state index contributed by atoms with van der Waals surface area (Å²) < 4.78 is 11.3. The number of ether oxygens (including phenoxy) is 2. The largest absolute Gasteiger partial charge is 0.490 e. The molecule has 0 atom stereocenters. The highest BCUT2D eigenvalue weighted by Gasteiger charge is 2.16. The summed E-state index contributed by atoms with van der Waals surface area (Å²) in [5.74, 6) is 0.880. The number of benzene rings is 2. The third-order valence-corrected chi connectivity index (χ3v) is 3.26. The second-order valence-electron chi connectivity index (χ2n) is 4.10. The van der Waals surface area contributed by atoms with Gasteiger partial charge in [0, 0.05) is 10.0 Å². The predicted molar refractivity (Wildman–Crippen MR) is 79.8 cm³/mol. The lowest BCUT2D eigenvalue weighted by atomic mass is 10.2. The summed E-state index contributed by atoms with van der Waals surface area (Å²) in [6, 6.07) is 9.45. The van der Waals surface area contributed by atoms with Crippen LogP contribution in [0.1, 0.15) is 5.56 Å². The van der Waals surface area contributed by atoms with Gasteiger partial charge in [0.05, 0.1) is 24.7 Å². The monoisotopic (exact) mass is 353 g/mol. The average molecular weight is 354 g/mol. The maximum absolute atomic E-state index is 11.0. The first-order valence-corrected chi connectivity index (χ1v) is 6.74. The molecule has 21 heavy (non-hydrogen) atoms. The van der Waals surface area contributed by atoms with E-state index in [1.165, 1.54) is 19.2 Å². The first-order chi connectivity index (χ1) is 10.0. The van der Waals surface area contributed by atoms with E-state index in [1.54, 1.807) is 24.3 Å². The third-order valence-electron chi connectivity index (χ3n) is 2.77. The topological polar surface area (TPSA) is 81.8 Å². The smallest absolute Gasteiger partial charge is 0.314 e. The van der Waals surface area contributed by atoms with E-state index in [0.29, 0.717) is 17.1 Å². The second-order valence-corrected chi connectivity index (χ2v) is 5.02. The fraction of sp³-hybridized carbons (Fsp3) is 0.143. The van der Waals surface area contributed by atoms with Gasteiger partial charge in [0.25, 0.3) is 0 Å². The molecule has 0 spiro atoms. The number of nitro benzene ring substituents is 1. The van der Waals surface area contributed by atoms with Gasteiger partial charge < -0.3 is 14.6 Å². The van der Waals surface area contributed by atoms with E-state index in [2.05, 4.69) is 15.9 Å². The van der Waals surface area contributed by atoms with Gasteiger partial charge in [-0.05, 0) is 30.3 Å². The lowest BCUT2D eigenvalue weighted by molar-refractivity contribution is -0.385. The second kappa shape index (κ2) is 6.55. The van der Waals surface area contributed by atoms with Crippen molar-refractivity contribution in [1.82, 2.24) is 0 Å². The SMILES string of the molecule is COc1ccc(Oc2ccc(Br)cc2CO)cc1[N+](=O)[O-]. The number of nitro groups is 1. The van der Waals surface area contributed by atoms with Crippen molar-refractivity contribution in [3.8, 4) is 17.2 Å². The molecule has 110 valence electrons. The highest BCUT2D eigenvalue weighted by Crippen LogP contribution is 2.34. The van der Waals surface area contributed by atoms with Gasteiger partial charge in [0.2, 0.25) is 0 Å². The molecule has 0 aliphatic carbocycles. The Morgan fingerprint density at radius 3 is 2.57 bits per heavy atom. The van der Waals surface area contributed by atoms with Crippen molar-refractivity contribution in [2.24, 2.45) is 0 Å². The predicted octanol–water partition coefficient (Wildman–Crippen LogP) is 3.65. The summed E-state index contributed by atoms with van der Waals surface area (Å²) in [5, 5.41) is 20.3. The normalized spacial score (nSPS) is 10.2. The molecule has 0 aliphatic rings. The Labute approximate surface area is 129 Å². The number of rotatable bonds is 5. The highest BCUT2D eigenvalue weighted by molar-refractivity contribution is 9.10. The molecule has 2 aromatic rings. The van der Waals surface area contributed by atoms with E-state index in [0.717, 1.165) is 4.47 Å². The van der Waals surface area contributed by atoms with Crippen LogP contribution in [0.4, 0.5) is 5.69 Å². The van der Waals surface area contributed by atoms with Crippen LogP contribution >= 0.6 is 15.9 Å². The summed E-state index contributed by atoms with van der Waals surface area (Å²) in [6.07, 6.45) is 0. The summed E-state index contributed by atoms with van der Waals surface area (Å²) in [4.78, 5) is 10.4. The molecule has 0 fully saturated rings. The van der Waals surface area contributed by atoms with E-state index in [1.807, 2.05) is 0 Å². The Morgan fingerprint density at radius 1 is 1.24 bits per heavy atom. The molecular weight excluding hydrogens is 342 g/mol. The molecule has 1 N–H and O–H groups in total. The van der Waals surface area contributed by atoms with Crippen molar-refractivity contribution in [1.29, 1.82) is 0 Å². The zero-order valence-corrected chi connectivity index (χ0v) is 12.7. The van der Waals surface area contributed by atoms with E-state index in [9.17, 15) is 15.2 Å². The van der Waals surface area contributed by atoms with Crippen molar-refractivity contribution in [3.05, 3.63) is 56.5 Å². The molecule has 0 unspecified atom stereocenters. The molecule has 0 heterocycles. The minimum atomic E-state index is -0.541. The van der Waals surface area contributed by atoms with Crippen LogP contribution in [0.15, 0.2) is 40.9 Å². The molecule has 6 nitrogen and oxygen atoms in total. The Morgan fingerprint density at radius 2 is 1.95 bits per heavy atom. The number of methoxy groups -OCH3 is 1. The molecule has 0 aromatic heterocycles. The fourth-order valence-electron chi connectivity index (χ4n) is 1.77. The number of hydrogen-bond donors (Lipinski definition) is 1. The van der Waals surface area contributed by atoms with Crippen LogP contribution in [0.25, 0.3) is 0 Å². The van der Waals surface area contributed by atoms with Crippen LogP contribution in [0.2, 0.25) is 0 Å². The number of aliphatic hydroxyl groups excluding tert-OH is 1. The number of aliphatic hydroxyl groups is 1. The van der Waals surface area contributed by atoms with Crippen molar-refractivity contribution >= 4 is 21.6 Å². The fourth-order valence-corrected chi connectivity index (χ4v) is 2.18. The average Bonchev–Trinajstić information content (AvgIpc) is 2.48. The van der Waals surface area contributed by atoms with Crippen LogP contribution in [0.5, 0.6) is 17.2 Å². The van der Waals surface area contributed by atoms with Gasteiger partial charge >= 0.3 is 5.69 Å². The maximum Gasteiger partial charge on any atom is 0.314 e. The molecular formula is C14H12BrNO5. The van der Waals surface area contributed by atoms with Gasteiger partial charge in [-0.25, -0.2) is 0 Å². The molecule has 2 aromatic carbocycles. The highest BCUT2D eigenvalue weighted by atomic mass is 79.9. The molecule has 0 aliphatic heterocycles. The summed E-state index contributed by atoms with van der Waals surface area (Å²) in [7, 11) is 1.36. The van der Waals surface area contributed by atoms with Crippen molar-refractivity contribution in [2.45, 2.75) is 6.61 Å². The lowest BCUT2D eigenvalue weighted by Gasteiger charge is -2.11. The van der Waals surface area contributed by atoms with Crippen molar-refractivity contribution in [3.63, 3.8) is 0 Å². The summed E-state index contributed by atoms with van der Waals surface area (Å²) in [5.41, 5.74) is 0.389. The Balaban J connectivity index is 2.36. The van der Waals surface area contributed by atoms with Crippen LogP contribution in [-0.2, 0) is 6.61 Å². The molecule has 2 rings (SSSR count). The van der Waals surface area contributed by atoms with Gasteiger partial charge in [0.1, 0.15) is 11.5 Å². The minimum Gasteiger partial charge on any atom is -0.490 e. The number of nitrogens with zero attached hydrogens (tertiary/aromatic N) is 1. The lowest BCUT2D eigenvalue weighted by Crippen LogP contribution is -1.96. The third kappa shape index (κ3) is 3.50. The van der Waals surface area contributed by atoms with Gasteiger partial charge in [0.15, 0.2) is 5.75 Å².